The van der Waals surface area contributed by atoms with Crippen molar-refractivity contribution >= 4 is 0 Å². The van der Waals surface area contributed by atoms with Gasteiger partial charge in [-0.05, 0) is 17.2 Å². The zero-order valence-electron chi connectivity index (χ0n) is 6.84. The molecule has 2 rings (SSSR count). The van der Waals surface area contributed by atoms with Crippen LogP contribution in [0.4, 0.5) is 0 Å². The number of nitrogens with one attached hydrogen (secondary N) is 1. The second-order valence-corrected chi connectivity index (χ2v) is 2.92. The lowest BCUT2D eigenvalue weighted by molar-refractivity contribution is 0.357. The molecule has 0 saturated heterocycles. The number of hydrogen-bond acceptors (Lipinski definition) is 2. The van der Waals surface area contributed by atoms with E-state index < -0.39 is 0 Å². The summed E-state index contributed by atoms with van der Waals surface area (Å²) in [6.45, 7) is 1.53. The average Bonchev–Trinajstić information content (AvgIpc) is 2.51. The van der Waals surface area contributed by atoms with Gasteiger partial charge in [0.15, 0.2) is 0 Å². The Labute approximate surface area is 72.5 Å². The molecule has 1 aliphatic rings. The van der Waals surface area contributed by atoms with Gasteiger partial charge in [0.05, 0.1) is 6.61 Å². The smallest absolute Gasteiger partial charge is 0.122 e. The second-order valence-electron chi connectivity index (χ2n) is 2.92. The number of ether oxygens (including phenoxy) is 1. The first-order chi connectivity index (χ1) is 5.90. The highest BCUT2D eigenvalue weighted by Gasteiger charge is 2.11. The molecule has 0 spiro atoms. The van der Waals surface area contributed by atoms with Crippen LogP contribution in [-0.2, 0) is 13.0 Å². The third-order valence-electron chi connectivity index (χ3n) is 2.06. The topological polar surface area (TPSA) is 21.3 Å². The lowest BCUT2D eigenvalue weighted by Gasteiger charge is -2.02. The summed E-state index contributed by atoms with van der Waals surface area (Å²) in [5.41, 5.74) is 2.50. The normalized spacial score (nSPS) is 14.1. The Balaban J connectivity index is 2.26. The average molecular weight is 161 g/mol. The van der Waals surface area contributed by atoms with Crippen LogP contribution in [0.25, 0.3) is 0 Å². The molecule has 2 radical (unpaired) electrons. The zero-order valence-corrected chi connectivity index (χ0v) is 6.84. The molecule has 0 amide bonds. The summed E-state index contributed by atoms with van der Waals surface area (Å²) in [5.74, 6) is 1.02. The van der Waals surface area contributed by atoms with E-state index in [1.54, 1.807) is 0 Å². The number of benzene rings is 1. The van der Waals surface area contributed by atoms with E-state index in [0.29, 0.717) is 6.54 Å². The summed E-state index contributed by atoms with van der Waals surface area (Å²) in [6.07, 6.45) is 1.02. The van der Waals surface area contributed by atoms with E-state index in [4.69, 9.17) is 11.8 Å². The third-order valence-corrected chi connectivity index (χ3v) is 2.06. The van der Waals surface area contributed by atoms with Crippen molar-refractivity contribution in [3.8, 4) is 5.75 Å². The molecule has 2 nitrogen and oxygen atoms in total. The Morgan fingerprint density at radius 1 is 1.50 bits per heavy atom. The minimum absolute atomic E-state index is 0.716. The van der Waals surface area contributed by atoms with Crippen molar-refractivity contribution in [2.24, 2.45) is 0 Å². The van der Waals surface area contributed by atoms with Crippen molar-refractivity contribution in [1.82, 2.24) is 5.32 Å². The predicted octanol–water partition coefficient (Wildman–Crippen LogP) is 1.38. The van der Waals surface area contributed by atoms with Crippen LogP contribution >= 0.6 is 0 Å². The van der Waals surface area contributed by atoms with E-state index in [2.05, 4.69) is 11.4 Å². The minimum atomic E-state index is 0.716. The Morgan fingerprint density at radius 3 is 3.25 bits per heavy atom. The van der Waals surface area contributed by atoms with Gasteiger partial charge in [0.1, 0.15) is 5.75 Å². The Kier molecular flexibility index (Phi) is 2.00. The fourth-order valence-electron chi connectivity index (χ4n) is 1.47. The molecule has 1 N–H and O–H groups in total. The monoisotopic (exact) mass is 161 g/mol. The number of hydrogen-bond donors (Lipinski definition) is 1. The maximum Gasteiger partial charge on any atom is 0.122 e. The molecular weight excluding hydrogens is 150 g/mol. The van der Waals surface area contributed by atoms with Gasteiger partial charge in [-0.2, -0.15) is 0 Å². The van der Waals surface area contributed by atoms with Crippen molar-refractivity contribution in [1.29, 1.82) is 0 Å². The first-order valence-electron chi connectivity index (χ1n) is 4.08. The second kappa shape index (κ2) is 3.15. The molecule has 12 heavy (non-hydrogen) atoms. The highest BCUT2D eigenvalue weighted by Crippen LogP contribution is 2.25. The Bertz CT molecular complexity index is 283. The lowest BCUT2D eigenvalue weighted by Crippen LogP contribution is -2.01. The molecule has 62 valence electrons. The van der Waals surface area contributed by atoms with Gasteiger partial charge in [-0.3, -0.25) is 0 Å². The summed E-state index contributed by atoms with van der Waals surface area (Å²) in [6, 6.07) is 6.18. The lowest BCUT2D eigenvalue weighted by atomic mass is 10.1. The molecular formula is C10H11NO. The molecule has 0 aliphatic carbocycles. The van der Waals surface area contributed by atoms with Crippen LogP contribution in [0.5, 0.6) is 5.75 Å². The van der Waals surface area contributed by atoms with Crippen molar-refractivity contribution in [2.75, 3.05) is 6.61 Å². The van der Waals surface area contributed by atoms with Gasteiger partial charge in [0, 0.05) is 20.0 Å². The molecule has 0 saturated carbocycles. The van der Waals surface area contributed by atoms with Gasteiger partial charge in [-0.25, -0.2) is 0 Å². The summed E-state index contributed by atoms with van der Waals surface area (Å²) < 4.78 is 5.38. The Morgan fingerprint density at radius 2 is 2.42 bits per heavy atom. The van der Waals surface area contributed by atoms with Gasteiger partial charge < -0.3 is 10.1 Å². The molecule has 1 aromatic rings. The quantitative estimate of drug-likeness (QED) is 0.662. The molecule has 0 aromatic heterocycles. The van der Waals surface area contributed by atoms with Crippen LogP contribution in [0.3, 0.4) is 0 Å². The van der Waals surface area contributed by atoms with Crippen LogP contribution in [0.2, 0.25) is 0 Å². The van der Waals surface area contributed by atoms with E-state index in [0.717, 1.165) is 18.8 Å². The summed E-state index contributed by atoms with van der Waals surface area (Å²) in [4.78, 5) is 0. The largest absolute Gasteiger partial charge is 0.493 e. The van der Waals surface area contributed by atoms with E-state index in [1.807, 2.05) is 12.1 Å². The maximum atomic E-state index is 5.38. The summed E-state index contributed by atoms with van der Waals surface area (Å²) in [5, 5.41) is 2.63. The molecule has 0 fully saturated rings. The van der Waals surface area contributed by atoms with Crippen molar-refractivity contribution in [3.63, 3.8) is 0 Å². The number of rotatable bonds is 2. The van der Waals surface area contributed by atoms with Crippen LogP contribution in [0, 0.1) is 7.05 Å². The van der Waals surface area contributed by atoms with E-state index >= 15 is 0 Å². The van der Waals surface area contributed by atoms with Gasteiger partial charge in [0.2, 0.25) is 0 Å². The first-order valence-corrected chi connectivity index (χ1v) is 4.08. The van der Waals surface area contributed by atoms with Crippen LogP contribution in [0.1, 0.15) is 11.1 Å². The highest BCUT2D eigenvalue weighted by atomic mass is 16.5. The predicted molar refractivity (Wildman–Crippen MR) is 46.8 cm³/mol. The molecule has 1 aliphatic heterocycles. The van der Waals surface area contributed by atoms with Gasteiger partial charge in [-0.15, -0.1) is 0 Å². The maximum absolute atomic E-state index is 5.38. The van der Waals surface area contributed by atoms with E-state index in [9.17, 15) is 0 Å². The minimum Gasteiger partial charge on any atom is -0.493 e. The van der Waals surface area contributed by atoms with Gasteiger partial charge >= 0.3 is 0 Å². The molecule has 0 unspecified atom stereocenters. The summed E-state index contributed by atoms with van der Waals surface area (Å²) >= 11 is 0. The molecule has 1 aromatic carbocycles. The van der Waals surface area contributed by atoms with E-state index in [1.165, 1.54) is 11.1 Å². The fourth-order valence-corrected chi connectivity index (χ4v) is 1.47. The van der Waals surface area contributed by atoms with E-state index in [-0.39, 0.29) is 0 Å². The molecule has 0 atom stereocenters. The third kappa shape index (κ3) is 1.30. The molecule has 0 bridgehead atoms. The fraction of sp³-hybridized carbons (Fsp3) is 0.300. The SMILES string of the molecule is [CH]NCc1ccc2c(c1)CCO2. The van der Waals surface area contributed by atoms with Crippen LogP contribution in [0.15, 0.2) is 18.2 Å². The van der Waals surface area contributed by atoms with Crippen molar-refractivity contribution in [2.45, 2.75) is 13.0 Å². The molecule has 2 heteroatoms. The first kappa shape index (κ1) is 7.62. The van der Waals surface area contributed by atoms with Gasteiger partial charge in [-0.1, -0.05) is 12.1 Å². The van der Waals surface area contributed by atoms with Crippen LogP contribution < -0.4 is 10.1 Å². The van der Waals surface area contributed by atoms with Gasteiger partial charge in [0.25, 0.3) is 0 Å². The zero-order chi connectivity index (χ0) is 8.39. The number of fused-ring (bicyclic) bond motifs is 1. The van der Waals surface area contributed by atoms with Crippen molar-refractivity contribution < 1.29 is 4.74 Å². The molecule has 1 heterocycles. The van der Waals surface area contributed by atoms with Crippen molar-refractivity contribution in [3.05, 3.63) is 36.4 Å². The van der Waals surface area contributed by atoms with Crippen LogP contribution in [-0.4, -0.2) is 6.61 Å². The Hall–Kier alpha value is -1.02. The summed E-state index contributed by atoms with van der Waals surface area (Å²) in [7, 11) is 5.22. The highest BCUT2D eigenvalue weighted by molar-refractivity contribution is 5.39. The standard InChI is InChI=1S/C10H11NO/c1-11-7-8-2-3-10-9(6-8)4-5-12-10/h1-3,6,11H,4-5,7H2.